The summed E-state index contributed by atoms with van der Waals surface area (Å²) >= 11 is 0. The Morgan fingerprint density at radius 3 is 2.49 bits per heavy atom. The Hall–Kier alpha value is -3.08. The molecule has 0 bridgehead atoms. The van der Waals surface area contributed by atoms with Crippen molar-refractivity contribution in [2.24, 2.45) is 17.3 Å². The van der Waals surface area contributed by atoms with Gasteiger partial charge in [0.05, 0.1) is 34.8 Å². The number of nitrogens with one attached hydrogen (secondary N) is 2. The molecule has 1 aromatic heterocycles. The second-order valence-corrected chi connectivity index (χ2v) is 13.5. The molecule has 2 aromatic carbocycles. The van der Waals surface area contributed by atoms with Crippen molar-refractivity contribution in [3.63, 3.8) is 0 Å². The van der Waals surface area contributed by atoms with Gasteiger partial charge < -0.3 is 24.6 Å². The fraction of sp³-hybridized carbons (Fsp3) is 0.483. The summed E-state index contributed by atoms with van der Waals surface area (Å²) in [5.74, 6) is 1.25. The number of nitrogens with zero attached hydrogens (tertiary/aromatic N) is 2. The number of hydrogen-bond donors (Lipinski definition) is 3. The van der Waals surface area contributed by atoms with Gasteiger partial charge in [-0.25, -0.2) is 13.1 Å². The fourth-order valence-electron chi connectivity index (χ4n) is 6.43. The Bertz CT molecular complexity index is 1530. The Kier molecular flexibility index (Phi) is 5.91. The van der Waals surface area contributed by atoms with Crippen LogP contribution in [0, 0.1) is 17.3 Å². The minimum atomic E-state index is -3.79. The molecule has 2 aliphatic carbocycles. The van der Waals surface area contributed by atoms with E-state index in [0.29, 0.717) is 22.4 Å². The molecule has 10 heteroatoms. The van der Waals surface area contributed by atoms with Gasteiger partial charge in [-0.1, -0.05) is 0 Å². The van der Waals surface area contributed by atoms with Crippen molar-refractivity contribution in [1.29, 1.82) is 0 Å². The molecule has 206 valence electrons. The maximum Gasteiger partial charge on any atom is 0.255 e. The van der Waals surface area contributed by atoms with Crippen LogP contribution in [0.2, 0.25) is 0 Å². The van der Waals surface area contributed by atoms with E-state index in [9.17, 15) is 13.2 Å². The lowest BCUT2D eigenvalue weighted by molar-refractivity contribution is 0.102. The number of sulfonamides is 1. The second kappa shape index (κ2) is 9.25. The van der Waals surface area contributed by atoms with Crippen LogP contribution in [0.1, 0.15) is 42.5 Å². The zero-order chi connectivity index (χ0) is 26.8. The van der Waals surface area contributed by atoms with E-state index < -0.39 is 10.0 Å². The van der Waals surface area contributed by atoms with E-state index in [1.807, 2.05) is 18.2 Å². The first-order valence-corrected chi connectivity index (χ1v) is 15.4. The van der Waals surface area contributed by atoms with Crippen LogP contribution in [0.3, 0.4) is 0 Å². The molecule has 2 saturated heterocycles. The number of hydrogen-bond acceptors (Lipinski definition) is 7. The van der Waals surface area contributed by atoms with Gasteiger partial charge in [-0.3, -0.25) is 4.79 Å². The highest BCUT2D eigenvalue weighted by Gasteiger charge is 2.46. The van der Waals surface area contributed by atoms with E-state index in [2.05, 4.69) is 19.8 Å². The van der Waals surface area contributed by atoms with Crippen LogP contribution in [-0.2, 0) is 10.0 Å². The number of anilines is 3. The van der Waals surface area contributed by atoms with Crippen molar-refractivity contribution >= 4 is 44.0 Å². The lowest BCUT2D eigenvalue weighted by Gasteiger charge is -2.35. The summed E-state index contributed by atoms with van der Waals surface area (Å²) in [6.07, 6.45) is 7.62. The minimum Gasteiger partial charge on any atom is -0.462 e. The van der Waals surface area contributed by atoms with Crippen LogP contribution < -0.4 is 19.8 Å². The number of carbonyl (C=O) groups excluding carboxylic acids is 1. The topological polar surface area (TPSA) is 115 Å². The summed E-state index contributed by atoms with van der Waals surface area (Å²) in [5.41, 5.74) is 4.05. The second-order valence-electron chi connectivity index (χ2n) is 11.7. The van der Waals surface area contributed by atoms with Crippen molar-refractivity contribution in [3.05, 3.63) is 48.2 Å². The molecule has 1 amide bonds. The average molecular weight is 551 g/mol. The first-order chi connectivity index (χ1) is 18.8. The summed E-state index contributed by atoms with van der Waals surface area (Å²) < 4.78 is 33.9. The lowest BCUT2D eigenvalue weighted by Crippen LogP contribution is -2.35. The van der Waals surface area contributed by atoms with E-state index in [-0.39, 0.29) is 24.0 Å². The van der Waals surface area contributed by atoms with Gasteiger partial charge >= 0.3 is 0 Å². The molecule has 7 rings (SSSR count). The summed E-state index contributed by atoms with van der Waals surface area (Å²) in [6.45, 7) is 3.28. The van der Waals surface area contributed by atoms with E-state index in [0.717, 1.165) is 67.5 Å². The zero-order valence-corrected chi connectivity index (χ0v) is 22.7. The third-order valence-corrected chi connectivity index (χ3v) is 10.6. The number of aliphatic hydroxyl groups is 1. The largest absolute Gasteiger partial charge is 0.462 e. The molecule has 1 spiro atoms. The summed E-state index contributed by atoms with van der Waals surface area (Å²) in [5, 5.41) is 13.1. The Morgan fingerprint density at radius 2 is 1.77 bits per heavy atom. The molecule has 2 saturated carbocycles. The Balaban J connectivity index is 1.20. The molecule has 9 nitrogen and oxygen atoms in total. The van der Waals surface area contributed by atoms with E-state index in [4.69, 9.17) is 9.52 Å². The smallest absolute Gasteiger partial charge is 0.255 e. The number of benzene rings is 2. The normalized spacial score (nSPS) is 23.3. The van der Waals surface area contributed by atoms with Crippen molar-refractivity contribution < 1.29 is 22.7 Å². The van der Waals surface area contributed by atoms with Gasteiger partial charge in [-0.05, 0) is 85.8 Å². The molecule has 3 aromatic rings. The maximum atomic E-state index is 13.7. The van der Waals surface area contributed by atoms with Crippen LogP contribution in [0.4, 0.5) is 17.1 Å². The fourth-order valence-corrected chi connectivity index (χ4v) is 7.47. The molecule has 2 unspecified atom stereocenters. The molecule has 3 heterocycles. The van der Waals surface area contributed by atoms with Gasteiger partial charge in [0.2, 0.25) is 10.0 Å². The molecule has 2 atom stereocenters. The van der Waals surface area contributed by atoms with Gasteiger partial charge in [0.15, 0.2) is 5.58 Å². The third kappa shape index (κ3) is 4.68. The van der Waals surface area contributed by atoms with Gasteiger partial charge in [-0.15, -0.1) is 0 Å². The number of amides is 1. The number of piperidine rings is 2. The third-order valence-electron chi connectivity index (χ3n) is 9.17. The molecule has 3 N–H and O–H groups in total. The average Bonchev–Trinajstić information content (AvgIpc) is 3.76. The Morgan fingerprint density at radius 1 is 1.00 bits per heavy atom. The van der Waals surface area contributed by atoms with Crippen molar-refractivity contribution in [2.45, 2.75) is 37.0 Å². The molecular weight excluding hydrogens is 516 g/mol. The number of rotatable bonds is 8. The van der Waals surface area contributed by atoms with E-state index in [1.54, 1.807) is 18.4 Å². The van der Waals surface area contributed by atoms with Crippen LogP contribution in [0.15, 0.2) is 52.0 Å². The SMILES string of the molecule is O=C(Nc1ccc(S(=O)(=O)NCCO)cc1N1CCC2(CC1)CC2)c1cc(N2CC3CC3C2)c2occc2c1. The summed E-state index contributed by atoms with van der Waals surface area (Å²) in [7, 11) is -3.79. The van der Waals surface area contributed by atoms with Gasteiger partial charge in [-0.2, -0.15) is 0 Å². The Labute approximate surface area is 228 Å². The van der Waals surface area contributed by atoms with E-state index in [1.165, 1.54) is 25.3 Å². The van der Waals surface area contributed by atoms with Gasteiger partial charge in [0, 0.05) is 43.7 Å². The van der Waals surface area contributed by atoms with Gasteiger partial charge in [0.1, 0.15) is 0 Å². The lowest BCUT2D eigenvalue weighted by atomic mass is 9.93. The van der Waals surface area contributed by atoms with Gasteiger partial charge in [0.25, 0.3) is 5.91 Å². The first kappa shape index (κ1) is 24.9. The molecule has 39 heavy (non-hydrogen) atoms. The minimum absolute atomic E-state index is 0.0558. The number of furan rings is 1. The van der Waals surface area contributed by atoms with Crippen molar-refractivity contribution in [3.8, 4) is 0 Å². The molecule has 2 aliphatic heterocycles. The number of carbonyl (C=O) groups is 1. The van der Waals surface area contributed by atoms with Crippen LogP contribution in [0.5, 0.6) is 0 Å². The highest BCUT2D eigenvalue weighted by atomic mass is 32.2. The quantitative estimate of drug-likeness (QED) is 0.391. The molecule has 4 fully saturated rings. The molecule has 4 aliphatic rings. The zero-order valence-electron chi connectivity index (χ0n) is 21.9. The molecule has 0 radical (unpaired) electrons. The van der Waals surface area contributed by atoms with Crippen molar-refractivity contribution in [2.75, 3.05) is 54.4 Å². The van der Waals surface area contributed by atoms with Crippen LogP contribution in [-0.4, -0.2) is 58.8 Å². The first-order valence-electron chi connectivity index (χ1n) is 13.9. The monoisotopic (exact) mass is 550 g/mol. The summed E-state index contributed by atoms with van der Waals surface area (Å²) in [4.78, 5) is 18.3. The predicted molar refractivity (Wildman–Crippen MR) is 150 cm³/mol. The van der Waals surface area contributed by atoms with Crippen LogP contribution >= 0.6 is 0 Å². The highest BCUT2D eigenvalue weighted by molar-refractivity contribution is 7.89. The maximum absolute atomic E-state index is 13.7. The van der Waals surface area contributed by atoms with E-state index >= 15 is 0 Å². The number of fused-ring (bicyclic) bond motifs is 2. The van der Waals surface area contributed by atoms with Crippen molar-refractivity contribution in [1.82, 2.24) is 4.72 Å². The van der Waals surface area contributed by atoms with Crippen LogP contribution in [0.25, 0.3) is 11.0 Å². The summed E-state index contributed by atoms with van der Waals surface area (Å²) in [6, 6.07) is 10.5. The predicted octanol–water partition coefficient (Wildman–Crippen LogP) is 3.79. The molecular formula is C29H34N4O5S. The standard InChI is InChI=1S/C29H34N4O5S/c34-11-8-30-39(36,37)23-1-2-24(25(16-23)32-9-6-29(4-5-29)7-10-32)31-28(35)20-13-19-3-12-38-27(19)26(15-20)33-17-21-14-22(21)18-33/h1-3,12-13,15-16,21-22,30,34H,4-11,14,17-18H2,(H,31,35). The number of aliphatic hydroxyl groups excluding tert-OH is 1. The highest BCUT2D eigenvalue weighted by Crippen LogP contribution is 2.54.